The Balaban J connectivity index is 2.29. The Bertz CT molecular complexity index is 425. The summed E-state index contributed by atoms with van der Waals surface area (Å²) >= 11 is 0. The fraction of sp³-hybridized carbons (Fsp3) is 0.100. The number of hydrogen-bond donors (Lipinski definition) is 1. The summed E-state index contributed by atoms with van der Waals surface area (Å²) in [5, 5.41) is 0. The molecule has 2 aromatic rings. The summed E-state index contributed by atoms with van der Waals surface area (Å²) in [6, 6.07) is 5.66. The van der Waals surface area contributed by atoms with E-state index in [1.54, 1.807) is 23.5 Å². The molecule has 0 spiro atoms. The molecule has 0 bridgehead atoms. The molecule has 15 heavy (non-hydrogen) atoms. The van der Waals surface area contributed by atoms with Crippen LogP contribution < -0.4 is 10.6 Å². The molecule has 0 saturated heterocycles. The van der Waals surface area contributed by atoms with Crippen LogP contribution in [0.15, 0.2) is 36.8 Å². The predicted octanol–water partition coefficient (Wildman–Crippen LogP) is 1.22. The maximum atomic E-state index is 5.51. The van der Waals surface area contributed by atoms with E-state index in [2.05, 4.69) is 15.0 Å². The summed E-state index contributed by atoms with van der Waals surface area (Å²) in [7, 11) is 1.86. The maximum absolute atomic E-state index is 5.51. The second-order valence-corrected chi connectivity index (χ2v) is 3.06. The molecule has 0 unspecified atom stereocenters. The van der Waals surface area contributed by atoms with Crippen molar-refractivity contribution in [2.24, 2.45) is 0 Å². The zero-order valence-corrected chi connectivity index (χ0v) is 8.33. The van der Waals surface area contributed by atoms with Gasteiger partial charge in [0.1, 0.15) is 5.82 Å². The van der Waals surface area contributed by atoms with Gasteiger partial charge in [-0.15, -0.1) is 0 Å². The van der Waals surface area contributed by atoms with Crippen LogP contribution in [-0.4, -0.2) is 22.0 Å². The third-order valence-corrected chi connectivity index (χ3v) is 1.95. The molecule has 76 valence electrons. The van der Waals surface area contributed by atoms with Crippen molar-refractivity contribution in [1.82, 2.24) is 15.0 Å². The average Bonchev–Trinajstić information content (AvgIpc) is 2.30. The minimum Gasteiger partial charge on any atom is -0.396 e. The van der Waals surface area contributed by atoms with Crippen LogP contribution >= 0.6 is 0 Å². The van der Waals surface area contributed by atoms with Crippen molar-refractivity contribution < 1.29 is 0 Å². The standard InChI is InChI=1S/C10H11N5/c1-15(9-4-2-3-5-12-9)10-13-6-8(11)7-14-10/h2-7H,11H2,1H3. The van der Waals surface area contributed by atoms with Crippen molar-refractivity contribution in [2.75, 3.05) is 17.7 Å². The van der Waals surface area contributed by atoms with Crippen molar-refractivity contribution >= 4 is 17.5 Å². The summed E-state index contributed by atoms with van der Waals surface area (Å²) in [5.74, 6) is 1.37. The van der Waals surface area contributed by atoms with Crippen molar-refractivity contribution in [1.29, 1.82) is 0 Å². The first-order chi connectivity index (χ1) is 7.27. The molecule has 0 amide bonds. The molecule has 0 aromatic carbocycles. The van der Waals surface area contributed by atoms with Gasteiger partial charge in [-0.1, -0.05) is 6.07 Å². The minimum absolute atomic E-state index is 0.549. The van der Waals surface area contributed by atoms with Gasteiger partial charge in [-0.2, -0.15) is 0 Å². The van der Waals surface area contributed by atoms with E-state index in [-0.39, 0.29) is 0 Å². The summed E-state index contributed by atoms with van der Waals surface area (Å²) in [5.41, 5.74) is 6.06. The molecule has 0 aliphatic heterocycles. The van der Waals surface area contributed by atoms with Gasteiger partial charge in [0, 0.05) is 13.2 Å². The third-order valence-electron chi connectivity index (χ3n) is 1.95. The van der Waals surface area contributed by atoms with Crippen LogP contribution in [0.1, 0.15) is 0 Å². The van der Waals surface area contributed by atoms with Crippen molar-refractivity contribution in [2.45, 2.75) is 0 Å². The fourth-order valence-corrected chi connectivity index (χ4v) is 1.16. The maximum Gasteiger partial charge on any atom is 0.230 e. The summed E-state index contributed by atoms with van der Waals surface area (Å²) in [4.78, 5) is 14.2. The Kier molecular flexibility index (Phi) is 2.45. The second-order valence-electron chi connectivity index (χ2n) is 3.06. The van der Waals surface area contributed by atoms with Gasteiger partial charge in [0.05, 0.1) is 18.1 Å². The van der Waals surface area contributed by atoms with Crippen LogP contribution in [0.25, 0.3) is 0 Å². The monoisotopic (exact) mass is 201 g/mol. The molecule has 5 nitrogen and oxygen atoms in total. The van der Waals surface area contributed by atoms with Gasteiger partial charge in [0.2, 0.25) is 5.95 Å². The molecular formula is C10H11N5. The van der Waals surface area contributed by atoms with Crippen molar-refractivity contribution in [3.05, 3.63) is 36.8 Å². The molecule has 2 rings (SSSR count). The lowest BCUT2D eigenvalue weighted by Gasteiger charge is -2.15. The van der Waals surface area contributed by atoms with E-state index in [9.17, 15) is 0 Å². The van der Waals surface area contributed by atoms with Gasteiger partial charge in [0.15, 0.2) is 0 Å². The number of aromatic nitrogens is 3. The number of anilines is 3. The third kappa shape index (κ3) is 2.01. The molecule has 0 aliphatic rings. The number of nitrogen functional groups attached to an aromatic ring is 1. The largest absolute Gasteiger partial charge is 0.396 e. The Morgan fingerprint density at radius 1 is 1.13 bits per heavy atom. The SMILES string of the molecule is CN(c1ccccn1)c1ncc(N)cn1. The number of nitrogens with two attached hydrogens (primary N) is 1. The van der Waals surface area contributed by atoms with Gasteiger partial charge in [-0.25, -0.2) is 15.0 Å². The first-order valence-electron chi connectivity index (χ1n) is 4.49. The highest BCUT2D eigenvalue weighted by Gasteiger charge is 2.06. The highest BCUT2D eigenvalue weighted by molar-refractivity contribution is 5.51. The smallest absolute Gasteiger partial charge is 0.230 e. The van der Waals surface area contributed by atoms with Gasteiger partial charge >= 0.3 is 0 Å². The van der Waals surface area contributed by atoms with Gasteiger partial charge in [-0.3, -0.25) is 4.90 Å². The van der Waals surface area contributed by atoms with E-state index < -0.39 is 0 Å². The molecule has 0 radical (unpaired) electrons. The molecule has 0 saturated carbocycles. The topological polar surface area (TPSA) is 67.9 Å². The second kappa shape index (κ2) is 3.91. The van der Waals surface area contributed by atoms with Crippen LogP contribution in [0.3, 0.4) is 0 Å². The Labute approximate surface area is 87.6 Å². The van der Waals surface area contributed by atoms with Crippen LogP contribution in [-0.2, 0) is 0 Å². The Morgan fingerprint density at radius 2 is 1.87 bits per heavy atom. The van der Waals surface area contributed by atoms with Gasteiger partial charge in [-0.05, 0) is 12.1 Å². The molecular weight excluding hydrogens is 190 g/mol. The van der Waals surface area contributed by atoms with Crippen molar-refractivity contribution in [3.63, 3.8) is 0 Å². The molecule has 0 atom stereocenters. The molecule has 2 aromatic heterocycles. The van der Waals surface area contributed by atoms with E-state index >= 15 is 0 Å². The molecule has 5 heteroatoms. The van der Waals surface area contributed by atoms with Crippen molar-refractivity contribution in [3.8, 4) is 0 Å². The first-order valence-corrected chi connectivity index (χ1v) is 4.49. The summed E-state index contributed by atoms with van der Waals surface area (Å²) in [6.45, 7) is 0. The van der Waals surface area contributed by atoms with Crippen LogP contribution in [0.5, 0.6) is 0 Å². The number of hydrogen-bond acceptors (Lipinski definition) is 5. The first kappa shape index (κ1) is 9.39. The molecule has 0 fully saturated rings. The Hall–Kier alpha value is -2.17. The number of rotatable bonds is 2. The zero-order chi connectivity index (χ0) is 10.7. The highest BCUT2D eigenvalue weighted by atomic mass is 15.3. The predicted molar refractivity (Wildman–Crippen MR) is 58.7 cm³/mol. The molecule has 2 N–H and O–H groups in total. The zero-order valence-electron chi connectivity index (χ0n) is 8.33. The molecule has 0 aliphatic carbocycles. The minimum atomic E-state index is 0.549. The van der Waals surface area contributed by atoms with Gasteiger partial charge < -0.3 is 5.73 Å². The van der Waals surface area contributed by atoms with Crippen LogP contribution in [0, 0.1) is 0 Å². The van der Waals surface area contributed by atoms with Crippen LogP contribution in [0.2, 0.25) is 0 Å². The van der Waals surface area contributed by atoms with E-state index in [4.69, 9.17) is 5.73 Å². The highest BCUT2D eigenvalue weighted by Crippen LogP contribution is 2.16. The van der Waals surface area contributed by atoms with E-state index in [1.165, 1.54) is 0 Å². The van der Waals surface area contributed by atoms with E-state index in [0.29, 0.717) is 11.6 Å². The van der Waals surface area contributed by atoms with E-state index in [0.717, 1.165) is 5.82 Å². The number of nitrogens with zero attached hydrogens (tertiary/aromatic N) is 4. The number of pyridine rings is 1. The lowest BCUT2D eigenvalue weighted by Crippen LogP contribution is -2.14. The normalized spacial score (nSPS) is 9.93. The molecule has 2 heterocycles. The fourth-order valence-electron chi connectivity index (χ4n) is 1.16. The Morgan fingerprint density at radius 3 is 2.47 bits per heavy atom. The van der Waals surface area contributed by atoms with Crippen LogP contribution in [0.4, 0.5) is 17.5 Å². The quantitative estimate of drug-likeness (QED) is 0.791. The average molecular weight is 201 g/mol. The lowest BCUT2D eigenvalue weighted by atomic mass is 10.4. The summed E-state index contributed by atoms with van der Waals surface area (Å²) < 4.78 is 0. The van der Waals surface area contributed by atoms with E-state index in [1.807, 2.05) is 25.2 Å². The lowest BCUT2D eigenvalue weighted by molar-refractivity contribution is 1.02. The summed E-state index contributed by atoms with van der Waals surface area (Å²) in [6.07, 6.45) is 4.87. The van der Waals surface area contributed by atoms with Gasteiger partial charge in [0.25, 0.3) is 0 Å².